The molecule has 0 amide bonds. The van der Waals surface area contributed by atoms with Crippen LogP contribution in [0.5, 0.6) is 0 Å². The Morgan fingerprint density at radius 3 is 1.29 bits per heavy atom. The van der Waals surface area contributed by atoms with Gasteiger partial charge in [-0.1, -0.05) is 0 Å². The van der Waals surface area contributed by atoms with Crippen LogP contribution in [0.3, 0.4) is 0 Å². The second-order valence-corrected chi connectivity index (χ2v) is 15.7. The van der Waals surface area contributed by atoms with Crippen molar-refractivity contribution >= 4 is 16.4 Å². The first-order valence-electron chi connectivity index (χ1n) is 12.9. The summed E-state index contributed by atoms with van der Waals surface area (Å²) in [7, 11) is 0. The number of hydrogen-bond donors (Lipinski definition) is 0. The molecule has 2 aliphatic rings. The molecule has 0 aromatic heterocycles. The van der Waals surface area contributed by atoms with Gasteiger partial charge < -0.3 is 24.8 Å². The van der Waals surface area contributed by atoms with Crippen LogP contribution in [0.1, 0.15) is 67.5 Å². The third-order valence-corrected chi connectivity index (χ3v) is 13.5. The molecule has 0 bridgehead atoms. The molecule has 4 aromatic carbocycles. The molecule has 2 atom stereocenters. The van der Waals surface area contributed by atoms with Gasteiger partial charge in [-0.3, -0.25) is 0 Å². The zero-order chi connectivity index (χ0) is 25.0. The molecule has 4 aromatic rings. The summed E-state index contributed by atoms with van der Waals surface area (Å²) in [5.41, 5.74) is 14.1. The number of fused-ring (bicyclic) bond motifs is 2. The Morgan fingerprint density at radius 2 is 0.921 bits per heavy atom. The zero-order valence-corrected chi connectivity index (χ0v) is 26.3. The van der Waals surface area contributed by atoms with Gasteiger partial charge in [-0.2, -0.15) is 0 Å². The van der Waals surface area contributed by atoms with E-state index in [1.54, 1.807) is 6.56 Å². The molecule has 0 radical (unpaired) electrons. The van der Waals surface area contributed by atoms with Gasteiger partial charge in [0, 0.05) is 0 Å². The summed E-state index contributed by atoms with van der Waals surface area (Å²) in [6.45, 7) is 9.00. The van der Waals surface area contributed by atoms with E-state index in [2.05, 4.69) is 125 Å². The molecule has 0 aliphatic heterocycles. The van der Waals surface area contributed by atoms with E-state index in [1.165, 1.54) is 55.6 Å². The maximum absolute atomic E-state index is 5.08. The van der Waals surface area contributed by atoms with Crippen molar-refractivity contribution < 1.29 is 46.1 Å². The standard InChI is InChI=1S/2C17H15.CH2.2ClH.Zr/c2*1-12-10-13(2)17-15(11-12)8-9-16(17)14-6-4-3-5-7-14;;;;/h2*3-8,10-11,16H,1-2H3;1H2;2*1H;/q;;;;;+2/p-2. The third-order valence-electron chi connectivity index (χ3n) is 7.91. The number of hydrogen-bond acceptors (Lipinski definition) is 0. The van der Waals surface area contributed by atoms with Crippen molar-refractivity contribution in [3.05, 3.63) is 147 Å². The second-order valence-electron chi connectivity index (χ2n) is 10.5. The van der Waals surface area contributed by atoms with Crippen LogP contribution in [0.15, 0.2) is 91.5 Å². The summed E-state index contributed by atoms with van der Waals surface area (Å²) in [5.74, 6) is 0.634. The second kappa shape index (κ2) is 11.4. The summed E-state index contributed by atoms with van der Waals surface area (Å²) in [5, 5.41) is 0. The van der Waals surface area contributed by atoms with Crippen molar-refractivity contribution in [1.29, 1.82) is 0 Å². The van der Waals surface area contributed by atoms with Crippen molar-refractivity contribution in [2.45, 2.75) is 39.5 Å². The number of allylic oxidation sites excluding steroid dienone is 2. The van der Waals surface area contributed by atoms with E-state index in [9.17, 15) is 0 Å². The van der Waals surface area contributed by atoms with Gasteiger partial charge in [-0.25, -0.2) is 0 Å². The van der Waals surface area contributed by atoms with Gasteiger partial charge in [0.05, 0.1) is 0 Å². The molecule has 0 saturated heterocycles. The molecule has 3 heteroatoms. The number of halogens is 2. The Bertz CT molecular complexity index is 1460. The van der Waals surface area contributed by atoms with Gasteiger partial charge in [0.25, 0.3) is 0 Å². The predicted molar refractivity (Wildman–Crippen MR) is 151 cm³/mol. The van der Waals surface area contributed by atoms with Gasteiger partial charge in [0.2, 0.25) is 0 Å². The fourth-order valence-corrected chi connectivity index (χ4v) is 12.2. The average Bonchev–Trinajstić information content (AvgIpc) is 3.44. The summed E-state index contributed by atoms with van der Waals surface area (Å²) in [4.78, 5) is 0. The van der Waals surface area contributed by atoms with Crippen LogP contribution in [0.25, 0.3) is 12.2 Å². The van der Waals surface area contributed by atoms with Gasteiger partial charge in [0.1, 0.15) is 0 Å². The van der Waals surface area contributed by atoms with Gasteiger partial charge >= 0.3 is 224 Å². The topological polar surface area (TPSA) is 0 Å². The van der Waals surface area contributed by atoms with Crippen LogP contribution in [-0.2, 0) is 21.3 Å². The minimum Gasteiger partial charge on any atom is -1.00 e. The molecule has 38 heavy (non-hydrogen) atoms. The molecule has 0 N–H and O–H groups in total. The molecule has 2 unspecified atom stereocenters. The molecule has 6 rings (SSSR count). The average molecular weight is 615 g/mol. The van der Waals surface area contributed by atoms with E-state index in [0.717, 1.165) is 0 Å². The van der Waals surface area contributed by atoms with E-state index in [1.807, 2.05) is 0 Å². The first kappa shape index (κ1) is 28.7. The summed E-state index contributed by atoms with van der Waals surface area (Å²) < 4.78 is 8.28. The van der Waals surface area contributed by atoms with Crippen molar-refractivity contribution in [2.24, 2.45) is 0 Å². The van der Waals surface area contributed by atoms with E-state index < -0.39 is 21.3 Å². The Morgan fingerprint density at radius 1 is 0.553 bits per heavy atom. The van der Waals surface area contributed by atoms with Crippen molar-refractivity contribution in [2.75, 3.05) is 0 Å². The molecule has 0 saturated carbocycles. The summed E-state index contributed by atoms with van der Waals surface area (Å²) in [6, 6.07) is 31.7. The van der Waals surface area contributed by atoms with Crippen LogP contribution in [0.4, 0.5) is 0 Å². The third kappa shape index (κ3) is 4.90. The van der Waals surface area contributed by atoms with Gasteiger partial charge in [0.15, 0.2) is 0 Å². The fraction of sp³-hybridized carbons (Fsp3) is 0.171. The Kier molecular flexibility index (Phi) is 8.63. The first-order valence-corrected chi connectivity index (χ1v) is 17.1. The molecule has 0 heterocycles. The van der Waals surface area contributed by atoms with Crippen LogP contribution in [0, 0.1) is 27.7 Å². The van der Waals surface area contributed by atoms with Crippen LogP contribution in [0.2, 0.25) is 0 Å². The Balaban J connectivity index is 0.00000168. The number of aryl methyl sites for hydroxylation is 4. The maximum atomic E-state index is 5.08. The molecule has 0 nitrogen and oxygen atoms in total. The van der Waals surface area contributed by atoms with Crippen molar-refractivity contribution in [3.63, 3.8) is 0 Å². The molecule has 190 valence electrons. The first-order chi connectivity index (χ1) is 17.4. The largest absolute Gasteiger partial charge is 1.00 e. The van der Waals surface area contributed by atoms with Crippen molar-refractivity contribution in [1.82, 2.24) is 0 Å². The van der Waals surface area contributed by atoms with E-state index >= 15 is 0 Å². The number of benzene rings is 4. The number of rotatable bonds is 4. The fourth-order valence-electron chi connectivity index (χ4n) is 6.54. The predicted octanol–water partition coefficient (Wildman–Crippen LogP) is 2.65. The van der Waals surface area contributed by atoms with Crippen LogP contribution in [-0.4, -0.2) is 4.21 Å². The molecule has 0 spiro atoms. The van der Waals surface area contributed by atoms with Crippen LogP contribution < -0.4 is 24.8 Å². The Labute approximate surface area is 247 Å². The SMILES string of the molecule is [CH2]=[Zr+2]([C]1=Cc2cc(C)cc(C)c2C1c1ccccc1)[C]1=Cc2cc(C)cc(C)c2C1c1ccccc1.[Cl-].[Cl-]. The Hall–Kier alpha value is -2.31. The minimum atomic E-state index is -2.49. The summed E-state index contributed by atoms with van der Waals surface area (Å²) in [6.07, 6.45) is 5.05. The van der Waals surface area contributed by atoms with E-state index in [0.29, 0.717) is 11.8 Å². The smallest absolute Gasteiger partial charge is 1.00 e. The maximum Gasteiger partial charge on any atom is -1.00 e. The molecular weight excluding hydrogens is 583 g/mol. The van der Waals surface area contributed by atoms with E-state index in [-0.39, 0.29) is 24.8 Å². The molecule has 2 aliphatic carbocycles. The quantitative estimate of drug-likeness (QED) is 0.332. The van der Waals surface area contributed by atoms with Gasteiger partial charge in [-0.05, 0) is 0 Å². The van der Waals surface area contributed by atoms with E-state index in [4.69, 9.17) is 4.21 Å². The summed E-state index contributed by atoms with van der Waals surface area (Å²) >= 11 is -2.49. The zero-order valence-electron chi connectivity index (χ0n) is 22.4. The monoisotopic (exact) mass is 612 g/mol. The molecule has 0 fully saturated rings. The minimum absolute atomic E-state index is 0. The van der Waals surface area contributed by atoms with Crippen molar-refractivity contribution in [3.8, 4) is 0 Å². The molecular formula is C35H32Cl2Zr. The van der Waals surface area contributed by atoms with Gasteiger partial charge in [-0.15, -0.1) is 0 Å². The normalized spacial score (nSPS) is 16.7. The van der Waals surface area contributed by atoms with Crippen LogP contribution >= 0.6 is 0 Å².